The summed E-state index contributed by atoms with van der Waals surface area (Å²) >= 11 is 1.44. The van der Waals surface area contributed by atoms with Crippen molar-refractivity contribution in [2.45, 2.75) is 32.3 Å². The molecule has 0 aromatic carbocycles. The molecule has 1 amide bonds. The van der Waals surface area contributed by atoms with E-state index in [-0.39, 0.29) is 17.9 Å². The molecule has 2 aliphatic rings. The van der Waals surface area contributed by atoms with E-state index in [1.54, 1.807) is 0 Å². The van der Waals surface area contributed by atoms with Crippen LogP contribution in [0, 0.1) is 18.8 Å². The highest BCUT2D eigenvalue weighted by Gasteiger charge is 2.40. The summed E-state index contributed by atoms with van der Waals surface area (Å²) in [5.74, 6) is 0.706. The minimum Gasteiger partial charge on any atom is -0.481 e. The predicted octanol–water partition coefficient (Wildman–Crippen LogP) is 3.66. The molecule has 2 fully saturated rings. The summed E-state index contributed by atoms with van der Waals surface area (Å²) in [7, 11) is 0. The average molecular weight is 389 g/mol. The first-order valence-corrected chi connectivity index (χ1v) is 10.1. The number of likely N-dealkylation sites (tertiary alicyclic amines) is 1. The van der Waals surface area contributed by atoms with E-state index in [0.717, 1.165) is 29.2 Å². The highest BCUT2D eigenvalue weighted by Crippen LogP contribution is 2.35. The van der Waals surface area contributed by atoms with E-state index in [0.29, 0.717) is 31.0 Å². The van der Waals surface area contributed by atoms with Crippen molar-refractivity contribution in [3.05, 3.63) is 34.9 Å². The molecule has 27 heavy (non-hydrogen) atoms. The SMILES string of the molecule is Cc1ccc(-c2ccc(C(=O)N3CCC([C@@H]4OCCC4C(=O)O)CC3)s2)o1. The molecular formula is C20H23NO5S. The Bertz CT molecular complexity index is 833. The fourth-order valence-electron chi connectivity index (χ4n) is 4.08. The van der Waals surface area contributed by atoms with Crippen LogP contribution < -0.4 is 0 Å². The Hall–Kier alpha value is -2.12. The number of piperidine rings is 1. The topological polar surface area (TPSA) is 80.0 Å². The van der Waals surface area contributed by atoms with E-state index in [1.165, 1.54) is 11.3 Å². The van der Waals surface area contributed by atoms with Gasteiger partial charge in [-0.2, -0.15) is 0 Å². The molecule has 2 atom stereocenters. The monoisotopic (exact) mass is 389 g/mol. The van der Waals surface area contributed by atoms with Crippen LogP contribution in [0.3, 0.4) is 0 Å². The lowest BCUT2D eigenvalue weighted by Gasteiger charge is -2.35. The molecule has 0 bridgehead atoms. The number of hydrogen-bond donors (Lipinski definition) is 1. The Labute approximate surface area is 161 Å². The number of hydrogen-bond acceptors (Lipinski definition) is 5. The van der Waals surface area contributed by atoms with E-state index < -0.39 is 11.9 Å². The van der Waals surface area contributed by atoms with Gasteiger partial charge in [0.15, 0.2) is 0 Å². The molecule has 2 aliphatic heterocycles. The summed E-state index contributed by atoms with van der Waals surface area (Å²) in [5.41, 5.74) is 0. The van der Waals surface area contributed by atoms with Gasteiger partial charge in [-0.25, -0.2) is 0 Å². The minimum absolute atomic E-state index is 0.0371. The van der Waals surface area contributed by atoms with Crippen molar-refractivity contribution in [2.24, 2.45) is 11.8 Å². The fourth-order valence-corrected chi connectivity index (χ4v) is 5.02. The number of carbonyl (C=O) groups excluding carboxylic acids is 1. The number of thiophene rings is 1. The van der Waals surface area contributed by atoms with Crippen LogP contribution in [0.15, 0.2) is 28.7 Å². The molecule has 2 aromatic rings. The first-order valence-electron chi connectivity index (χ1n) is 9.33. The fraction of sp³-hybridized carbons (Fsp3) is 0.500. The number of carboxylic acids is 1. The van der Waals surface area contributed by atoms with Gasteiger partial charge in [0.05, 0.1) is 21.8 Å². The second kappa shape index (κ2) is 7.48. The summed E-state index contributed by atoms with van der Waals surface area (Å²) in [6, 6.07) is 7.61. The zero-order valence-corrected chi connectivity index (χ0v) is 16.0. The number of aliphatic carboxylic acids is 1. The van der Waals surface area contributed by atoms with Gasteiger partial charge in [-0.15, -0.1) is 11.3 Å². The molecule has 2 saturated heterocycles. The van der Waals surface area contributed by atoms with Crippen LogP contribution in [-0.2, 0) is 9.53 Å². The predicted molar refractivity (Wildman–Crippen MR) is 101 cm³/mol. The Morgan fingerprint density at radius 2 is 1.93 bits per heavy atom. The highest BCUT2D eigenvalue weighted by molar-refractivity contribution is 7.17. The molecule has 4 rings (SSSR count). The van der Waals surface area contributed by atoms with Crippen molar-refractivity contribution in [3.63, 3.8) is 0 Å². The lowest BCUT2D eigenvalue weighted by Crippen LogP contribution is -2.43. The third kappa shape index (κ3) is 3.66. The molecule has 0 aliphatic carbocycles. The molecule has 7 heteroatoms. The summed E-state index contributed by atoms with van der Waals surface area (Å²) in [6.07, 6.45) is 1.95. The van der Waals surface area contributed by atoms with Gasteiger partial charge < -0.3 is 19.2 Å². The Morgan fingerprint density at radius 3 is 2.59 bits per heavy atom. The second-order valence-corrected chi connectivity index (χ2v) is 8.36. The number of amides is 1. The zero-order chi connectivity index (χ0) is 19.0. The van der Waals surface area contributed by atoms with Crippen molar-refractivity contribution < 1.29 is 23.8 Å². The number of ether oxygens (including phenoxy) is 1. The maximum Gasteiger partial charge on any atom is 0.309 e. The summed E-state index contributed by atoms with van der Waals surface area (Å²) < 4.78 is 11.3. The largest absolute Gasteiger partial charge is 0.481 e. The number of carbonyl (C=O) groups is 2. The molecular weight excluding hydrogens is 366 g/mol. The van der Waals surface area contributed by atoms with Gasteiger partial charge in [-0.05, 0) is 56.4 Å². The molecule has 2 aromatic heterocycles. The molecule has 0 saturated carbocycles. The smallest absolute Gasteiger partial charge is 0.309 e. The van der Waals surface area contributed by atoms with Crippen LogP contribution in [0.25, 0.3) is 10.6 Å². The maximum absolute atomic E-state index is 12.8. The maximum atomic E-state index is 12.8. The van der Waals surface area contributed by atoms with Crippen LogP contribution in [0.4, 0.5) is 0 Å². The molecule has 1 unspecified atom stereocenters. The quantitative estimate of drug-likeness (QED) is 0.863. The second-order valence-electron chi connectivity index (χ2n) is 7.27. The van der Waals surface area contributed by atoms with Crippen molar-refractivity contribution >= 4 is 23.2 Å². The number of aryl methyl sites for hydroxylation is 1. The molecule has 144 valence electrons. The number of nitrogens with zero attached hydrogens (tertiary/aromatic N) is 1. The van der Waals surface area contributed by atoms with Gasteiger partial charge in [0.2, 0.25) is 0 Å². The third-order valence-corrected chi connectivity index (χ3v) is 6.63. The van der Waals surface area contributed by atoms with Gasteiger partial charge in [-0.3, -0.25) is 9.59 Å². The minimum atomic E-state index is -0.768. The van der Waals surface area contributed by atoms with Crippen LogP contribution in [-0.4, -0.2) is 47.7 Å². The molecule has 0 radical (unpaired) electrons. The Morgan fingerprint density at radius 1 is 1.15 bits per heavy atom. The number of furan rings is 1. The third-order valence-electron chi connectivity index (χ3n) is 5.54. The normalized spacial score (nSPS) is 23.7. The van der Waals surface area contributed by atoms with Crippen molar-refractivity contribution in [1.29, 1.82) is 0 Å². The van der Waals surface area contributed by atoms with Gasteiger partial charge in [-0.1, -0.05) is 0 Å². The zero-order valence-electron chi connectivity index (χ0n) is 15.2. The van der Waals surface area contributed by atoms with E-state index >= 15 is 0 Å². The first kappa shape index (κ1) is 18.3. The van der Waals surface area contributed by atoms with Crippen LogP contribution >= 0.6 is 11.3 Å². The van der Waals surface area contributed by atoms with Gasteiger partial charge in [0, 0.05) is 19.7 Å². The summed E-state index contributed by atoms with van der Waals surface area (Å²) in [5, 5.41) is 9.35. The Balaban J connectivity index is 1.38. The average Bonchev–Trinajstić information content (AvgIpc) is 3.41. The molecule has 4 heterocycles. The number of rotatable bonds is 4. The van der Waals surface area contributed by atoms with E-state index in [2.05, 4.69) is 0 Å². The van der Waals surface area contributed by atoms with Crippen molar-refractivity contribution in [3.8, 4) is 10.6 Å². The van der Waals surface area contributed by atoms with Gasteiger partial charge in [0.1, 0.15) is 11.5 Å². The van der Waals surface area contributed by atoms with E-state index in [1.807, 2.05) is 36.1 Å². The van der Waals surface area contributed by atoms with Crippen molar-refractivity contribution in [2.75, 3.05) is 19.7 Å². The summed E-state index contributed by atoms with van der Waals surface area (Å²) in [6.45, 7) is 3.70. The Kier molecular flexibility index (Phi) is 5.06. The highest BCUT2D eigenvalue weighted by atomic mass is 32.1. The van der Waals surface area contributed by atoms with Gasteiger partial charge in [0.25, 0.3) is 5.91 Å². The lowest BCUT2D eigenvalue weighted by atomic mass is 9.84. The lowest BCUT2D eigenvalue weighted by molar-refractivity contribution is -0.145. The first-order chi connectivity index (χ1) is 13.0. The van der Waals surface area contributed by atoms with E-state index in [4.69, 9.17) is 9.15 Å². The standard InChI is InChI=1S/C20H23NO5S/c1-12-2-3-15(26-12)16-4-5-17(27-16)19(22)21-9-6-13(7-10-21)18-14(20(23)24)8-11-25-18/h2-5,13-14,18H,6-11H2,1H3,(H,23,24)/t14?,18-/m0/s1. The number of carboxylic acid groups (broad SMARTS) is 1. The molecule has 1 N–H and O–H groups in total. The summed E-state index contributed by atoms with van der Waals surface area (Å²) in [4.78, 5) is 27.7. The van der Waals surface area contributed by atoms with E-state index in [9.17, 15) is 14.7 Å². The van der Waals surface area contributed by atoms with Crippen LogP contribution in [0.5, 0.6) is 0 Å². The van der Waals surface area contributed by atoms with Crippen molar-refractivity contribution in [1.82, 2.24) is 4.90 Å². The van der Waals surface area contributed by atoms with Crippen LogP contribution in [0.2, 0.25) is 0 Å². The van der Waals surface area contributed by atoms with Crippen LogP contribution in [0.1, 0.15) is 34.7 Å². The molecule has 0 spiro atoms. The van der Waals surface area contributed by atoms with Gasteiger partial charge >= 0.3 is 5.97 Å². The molecule has 6 nitrogen and oxygen atoms in total.